The monoisotopic (exact) mass is 290 g/mol. The van der Waals surface area contributed by atoms with Crippen molar-refractivity contribution in [1.29, 1.82) is 0 Å². The van der Waals surface area contributed by atoms with Gasteiger partial charge in [0, 0.05) is 6.04 Å². The molecule has 3 N–H and O–H groups in total. The van der Waals surface area contributed by atoms with Crippen LogP contribution in [0.15, 0.2) is 24.3 Å². The van der Waals surface area contributed by atoms with Crippen molar-refractivity contribution in [1.82, 2.24) is 5.32 Å². The van der Waals surface area contributed by atoms with E-state index in [0.717, 1.165) is 12.3 Å². The summed E-state index contributed by atoms with van der Waals surface area (Å²) in [6, 6.07) is 7.66. The molecule has 0 aromatic heterocycles. The summed E-state index contributed by atoms with van der Waals surface area (Å²) in [7, 11) is 0. The Bertz CT molecular complexity index is 476. The van der Waals surface area contributed by atoms with Gasteiger partial charge in [-0.2, -0.15) is 0 Å². The van der Waals surface area contributed by atoms with Gasteiger partial charge in [0.25, 0.3) is 0 Å². The highest BCUT2D eigenvalue weighted by molar-refractivity contribution is 5.76. The van der Waals surface area contributed by atoms with Crippen LogP contribution in [-0.2, 0) is 4.79 Å². The minimum Gasteiger partial charge on any atom is -0.491 e. The van der Waals surface area contributed by atoms with E-state index in [-0.39, 0.29) is 5.91 Å². The number of carbonyl (C=O) groups excluding carboxylic acids is 1. The normalized spacial score (nSPS) is 25.3. The fourth-order valence-corrected chi connectivity index (χ4v) is 3.02. The summed E-state index contributed by atoms with van der Waals surface area (Å²) in [6.45, 7) is 4.87. The Balaban J connectivity index is 1.71. The molecule has 0 radical (unpaired) electrons. The maximum atomic E-state index is 12.0. The molecule has 4 nitrogen and oxygen atoms in total. The molecule has 0 bridgehead atoms. The number of benzene rings is 1. The van der Waals surface area contributed by atoms with Gasteiger partial charge in [0.1, 0.15) is 5.75 Å². The van der Waals surface area contributed by atoms with Gasteiger partial charge in [-0.3, -0.25) is 4.79 Å². The molecular formula is C17H26N2O2. The van der Waals surface area contributed by atoms with Crippen LogP contribution in [0.2, 0.25) is 0 Å². The summed E-state index contributed by atoms with van der Waals surface area (Å²) >= 11 is 0. The fraction of sp³-hybridized carbons (Fsp3) is 0.588. The highest BCUT2D eigenvalue weighted by Crippen LogP contribution is 2.28. The first-order chi connectivity index (χ1) is 10.1. The molecule has 1 aliphatic rings. The van der Waals surface area contributed by atoms with Crippen molar-refractivity contribution in [3.8, 4) is 5.75 Å². The minimum absolute atomic E-state index is 0.0657. The smallest absolute Gasteiger partial charge is 0.223 e. The van der Waals surface area contributed by atoms with E-state index in [1.807, 2.05) is 18.2 Å². The van der Waals surface area contributed by atoms with Crippen LogP contribution in [0.1, 0.15) is 39.5 Å². The number of carbonyl (C=O) groups is 1. The minimum atomic E-state index is 0.0657. The molecular weight excluding hydrogens is 264 g/mol. The molecule has 0 spiro atoms. The van der Waals surface area contributed by atoms with Crippen molar-refractivity contribution in [2.24, 2.45) is 11.8 Å². The Kier molecular flexibility index (Phi) is 5.48. The Morgan fingerprint density at radius 2 is 2.10 bits per heavy atom. The van der Waals surface area contributed by atoms with Crippen LogP contribution in [0.4, 0.5) is 5.69 Å². The molecule has 3 unspecified atom stereocenters. The van der Waals surface area contributed by atoms with Crippen molar-refractivity contribution in [2.75, 3.05) is 12.3 Å². The van der Waals surface area contributed by atoms with E-state index in [2.05, 4.69) is 19.2 Å². The molecule has 1 amide bonds. The van der Waals surface area contributed by atoms with Gasteiger partial charge < -0.3 is 15.8 Å². The van der Waals surface area contributed by atoms with E-state index < -0.39 is 0 Å². The number of hydrogen-bond acceptors (Lipinski definition) is 3. The molecule has 4 heteroatoms. The van der Waals surface area contributed by atoms with Gasteiger partial charge in [-0.25, -0.2) is 0 Å². The Hall–Kier alpha value is -1.71. The summed E-state index contributed by atoms with van der Waals surface area (Å²) in [4.78, 5) is 12.0. The number of nitrogen functional groups attached to an aromatic ring is 1. The quantitative estimate of drug-likeness (QED) is 0.819. The van der Waals surface area contributed by atoms with E-state index in [1.165, 1.54) is 12.8 Å². The van der Waals surface area contributed by atoms with Crippen molar-refractivity contribution in [2.45, 2.75) is 45.6 Å². The lowest BCUT2D eigenvalue weighted by atomic mass is 9.80. The van der Waals surface area contributed by atoms with E-state index in [9.17, 15) is 4.79 Å². The van der Waals surface area contributed by atoms with Gasteiger partial charge in [0.2, 0.25) is 5.91 Å². The first-order valence-electron chi connectivity index (χ1n) is 7.83. The molecule has 1 aromatic rings. The molecule has 2 rings (SSSR count). The van der Waals surface area contributed by atoms with Crippen LogP contribution in [0.5, 0.6) is 5.75 Å². The van der Waals surface area contributed by atoms with Crippen LogP contribution in [0, 0.1) is 11.8 Å². The number of rotatable bonds is 5. The third-order valence-corrected chi connectivity index (χ3v) is 4.28. The predicted octanol–water partition coefficient (Wildman–Crippen LogP) is 2.98. The number of nitrogens with two attached hydrogens (primary N) is 1. The van der Waals surface area contributed by atoms with Crippen molar-refractivity contribution in [3.63, 3.8) is 0 Å². The summed E-state index contributed by atoms with van der Waals surface area (Å²) in [6.07, 6.45) is 3.85. The van der Waals surface area contributed by atoms with Gasteiger partial charge >= 0.3 is 0 Å². The van der Waals surface area contributed by atoms with Gasteiger partial charge in [0.15, 0.2) is 0 Å². The SMILES string of the molecule is CC1CCC(NC(=O)CCOc2ccccc2N)C(C)C1. The average Bonchev–Trinajstić information content (AvgIpc) is 2.44. The third kappa shape index (κ3) is 4.66. The maximum Gasteiger partial charge on any atom is 0.223 e. The predicted molar refractivity (Wildman–Crippen MR) is 85.1 cm³/mol. The number of nitrogens with one attached hydrogen (secondary N) is 1. The van der Waals surface area contributed by atoms with E-state index in [4.69, 9.17) is 10.5 Å². The molecule has 0 saturated heterocycles. The van der Waals surface area contributed by atoms with Gasteiger partial charge in [-0.05, 0) is 43.2 Å². The fourth-order valence-electron chi connectivity index (χ4n) is 3.02. The molecule has 1 aliphatic carbocycles. The third-order valence-electron chi connectivity index (χ3n) is 4.28. The number of anilines is 1. The lowest BCUT2D eigenvalue weighted by Crippen LogP contribution is -2.42. The lowest BCUT2D eigenvalue weighted by molar-refractivity contribution is -0.122. The Labute approximate surface area is 127 Å². The van der Waals surface area contributed by atoms with Gasteiger partial charge in [0.05, 0.1) is 18.7 Å². The summed E-state index contributed by atoms with van der Waals surface area (Å²) in [5.41, 5.74) is 6.40. The van der Waals surface area contributed by atoms with Crippen molar-refractivity contribution < 1.29 is 9.53 Å². The number of ether oxygens (including phenoxy) is 1. The van der Waals surface area contributed by atoms with E-state index >= 15 is 0 Å². The molecule has 116 valence electrons. The summed E-state index contributed by atoms with van der Waals surface area (Å²) < 4.78 is 5.55. The van der Waals surface area contributed by atoms with E-state index in [1.54, 1.807) is 6.07 Å². The Morgan fingerprint density at radius 3 is 2.81 bits per heavy atom. The highest BCUT2D eigenvalue weighted by Gasteiger charge is 2.26. The standard InChI is InChI=1S/C17H26N2O2/c1-12-7-8-15(13(2)11-12)19-17(20)9-10-21-16-6-4-3-5-14(16)18/h3-6,12-13,15H,7-11,18H2,1-2H3,(H,19,20). The topological polar surface area (TPSA) is 64.3 Å². The van der Waals surface area contributed by atoms with Crippen molar-refractivity contribution >= 4 is 11.6 Å². The first-order valence-corrected chi connectivity index (χ1v) is 7.83. The number of para-hydroxylation sites is 2. The molecule has 21 heavy (non-hydrogen) atoms. The number of amides is 1. The van der Waals surface area contributed by atoms with Crippen LogP contribution >= 0.6 is 0 Å². The molecule has 0 heterocycles. The van der Waals surface area contributed by atoms with Crippen molar-refractivity contribution in [3.05, 3.63) is 24.3 Å². The van der Waals surface area contributed by atoms with Gasteiger partial charge in [-0.15, -0.1) is 0 Å². The molecule has 3 atom stereocenters. The molecule has 1 aromatic carbocycles. The molecule has 1 fully saturated rings. The van der Waals surface area contributed by atoms with Crippen LogP contribution in [-0.4, -0.2) is 18.6 Å². The maximum absolute atomic E-state index is 12.0. The summed E-state index contributed by atoms with van der Waals surface area (Å²) in [5.74, 6) is 2.04. The zero-order chi connectivity index (χ0) is 15.2. The highest BCUT2D eigenvalue weighted by atomic mass is 16.5. The van der Waals surface area contributed by atoms with E-state index in [0.29, 0.717) is 36.4 Å². The van der Waals surface area contributed by atoms with Crippen LogP contribution < -0.4 is 15.8 Å². The summed E-state index contributed by atoms with van der Waals surface area (Å²) in [5, 5.41) is 3.14. The number of hydrogen-bond donors (Lipinski definition) is 2. The average molecular weight is 290 g/mol. The van der Waals surface area contributed by atoms with Gasteiger partial charge in [-0.1, -0.05) is 26.0 Å². The second kappa shape index (κ2) is 7.34. The largest absolute Gasteiger partial charge is 0.491 e. The second-order valence-corrected chi connectivity index (χ2v) is 6.21. The van der Waals surface area contributed by atoms with Crippen LogP contribution in [0.25, 0.3) is 0 Å². The molecule has 1 saturated carbocycles. The Morgan fingerprint density at radius 1 is 1.33 bits per heavy atom. The van der Waals surface area contributed by atoms with Crippen LogP contribution in [0.3, 0.4) is 0 Å². The molecule has 0 aliphatic heterocycles. The zero-order valence-electron chi connectivity index (χ0n) is 13.0. The second-order valence-electron chi connectivity index (χ2n) is 6.21. The zero-order valence-corrected chi connectivity index (χ0v) is 13.0. The lowest BCUT2D eigenvalue weighted by Gasteiger charge is -2.33. The first kappa shape index (κ1) is 15.7.